The number of aliphatic hydroxyl groups excluding tert-OH is 1. The lowest BCUT2D eigenvalue weighted by atomic mass is 10.2. The van der Waals surface area contributed by atoms with E-state index >= 15 is 0 Å². The van der Waals surface area contributed by atoms with Crippen LogP contribution in [0.25, 0.3) is 0 Å². The number of halogens is 2. The SMILES string of the molecule is C[C@@H](O)[C@H](NC(=O)Nc1cc(Br)ccc1Br)C(=O)O. The summed E-state index contributed by atoms with van der Waals surface area (Å²) >= 11 is 6.51. The Morgan fingerprint density at radius 1 is 1.32 bits per heavy atom. The van der Waals surface area contributed by atoms with Crippen molar-refractivity contribution < 1.29 is 19.8 Å². The zero-order valence-corrected chi connectivity index (χ0v) is 13.0. The Balaban J connectivity index is 2.74. The molecule has 0 aromatic heterocycles. The van der Waals surface area contributed by atoms with Gasteiger partial charge in [0.05, 0.1) is 11.8 Å². The largest absolute Gasteiger partial charge is 0.480 e. The number of hydrogen-bond donors (Lipinski definition) is 4. The average Bonchev–Trinajstić information content (AvgIpc) is 2.30. The summed E-state index contributed by atoms with van der Waals surface area (Å²) < 4.78 is 1.41. The molecule has 0 aliphatic rings. The van der Waals surface area contributed by atoms with Crippen LogP contribution in [0.5, 0.6) is 0 Å². The lowest BCUT2D eigenvalue weighted by Crippen LogP contribution is -2.49. The van der Waals surface area contributed by atoms with Crippen LogP contribution in [-0.2, 0) is 4.79 Å². The van der Waals surface area contributed by atoms with E-state index in [0.717, 1.165) is 4.47 Å². The molecule has 0 unspecified atom stereocenters. The standard InChI is InChI=1S/C11H12Br2N2O4/c1-5(16)9(10(17)18)15-11(19)14-8-4-6(12)2-3-7(8)13/h2-5,9,16H,1H3,(H,17,18)(H2,14,15,19)/t5-,9+/m1/s1. The van der Waals surface area contributed by atoms with Crippen LogP contribution >= 0.6 is 31.9 Å². The molecular formula is C11H12Br2N2O4. The van der Waals surface area contributed by atoms with Gasteiger partial charge in [0.2, 0.25) is 0 Å². The highest BCUT2D eigenvalue weighted by Gasteiger charge is 2.25. The summed E-state index contributed by atoms with van der Waals surface area (Å²) in [6.07, 6.45) is -1.20. The highest BCUT2D eigenvalue weighted by Crippen LogP contribution is 2.25. The fourth-order valence-corrected chi connectivity index (χ4v) is 1.99. The van der Waals surface area contributed by atoms with Crippen LogP contribution in [-0.4, -0.2) is 34.4 Å². The molecule has 0 saturated heterocycles. The highest BCUT2D eigenvalue weighted by molar-refractivity contribution is 9.11. The third kappa shape index (κ3) is 4.81. The predicted molar refractivity (Wildman–Crippen MR) is 77.1 cm³/mol. The maximum absolute atomic E-state index is 11.7. The Hall–Kier alpha value is -1.12. The molecule has 0 spiro atoms. The number of carbonyl (C=O) groups is 2. The molecule has 1 rings (SSSR count). The number of hydrogen-bond acceptors (Lipinski definition) is 3. The van der Waals surface area contributed by atoms with Gasteiger partial charge in [-0.2, -0.15) is 0 Å². The first kappa shape index (κ1) is 15.9. The number of benzene rings is 1. The van der Waals surface area contributed by atoms with E-state index in [0.29, 0.717) is 10.2 Å². The molecule has 0 radical (unpaired) electrons. The zero-order chi connectivity index (χ0) is 14.6. The van der Waals surface area contributed by atoms with Gasteiger partial charge in [-0.25, -0.2) is 9.59 Å². The second-order valence-electron chi connectivity index (χ2n) is 3.78. The third-order valence-corrected chi connectivity index (χ3v) is 3.40. The minimum atomic E-state index is -1.37. The molecule has 6 nitrogen and oxygen atoms in total. The van der Waals surface area contributed by atoms with Gasteiger partial charge >= 0.3 is 12.0 Å². The molecule has 1 aromatic carbocycles. The van der Waals surface area contributed by atoms with E-state index in [9.17, 15) is 14.7 Å². The van der Waals surface area contributed by atoms with Gasteiger partial charge in [-0.1, -0.05) is 15.9 Å². The number of carboxylic acids is 1. The van der Waals surface area contributed by atoms with Crippen LogP contribution < -0.4 is 10.6 Å². The van der Waals surface area contributed by atoms with Gasteiger partial charge in [0, 0.05) is 8.95 Å². The second-order valence-corrected chi connectivity index (χ2v) is 5.55. The summed E-state index contributed by atoms with van der Waals surface area (Å²) in [6, 6.07) is 3.08. The van der Waals surface area contributed by atoms with Crippen molar-refractivity contribution in [2.45, 2.75) is 19.1 Å². The molecule has 0 saturated carbocycles. The number of aliphatic carboxylic acids is 1. The predicted octanol–water partition coefficient (Wildman–Crippen LogP) is 2.17. The number of carbonyl (C=O) groups excluding carboxylic acids is 1. The van der Waals surface area contributed by atoms with Crippen molar-refractivity contribution in [3.63, 3.8) is 0 Å². The summed E-state index contributed by atoms with van der Waals surface area (Å²) in [6.45, 7) is 1.29. The molecule has 0 aliphatic carbocycles. The average molecular weight is 396 g/mol. The van der Waals surface area contributed by atoms with Gasteiger partial charge in [0.25, 0.3) is 0 Å². The fraction of sp³-hybridized carbons (Fsp3) is 0.273. The number of nitrogens with one attached hydrogen (secondary N) is 2. The van der Waals surface area contributed by atoms with Crippen molar-refractivity contribution in [3.8, 4) is 0 Å². The lowest BCUT2D eigenvalue weighted by molar-refractivity contribution is -0.141. The van der Waals surface area contributed by atoms with Crippen molar-refractivity contribution in [1.29, 1.82) is 0 Å². The van der Waals surface area contributed by atoms with E-state index in [2.05, 4.69) is 42.5 Å². The minimum Gasteiger partial charge on any atom is -0.480 e. The van der Waals surface area contributed by atoms with Crippen LogP contribution in [0.3, 0.4) is 0 Å². The van der Waals surface area contributed by atoms with E-state index in [1.54, 1.807) is 18.2 Å². The molecule has 0 heterocycles. The van der Waals surface area contributed by atoms with Gasteiger partial charge < -0.3 is 20.8 Å². The van der Waals surface area contributed by atoms with Crippen molar-refractivity contribution in [2.75, 3.05) is 5.32 Å². The molecular weight excluding hydrogens is 384 g/mol. The number of anilines is 1. The summed E-state index contributed by atoms with van der Waals surface area (Å²) in [5, 5.41) is 22.8. The number of urea groups is 1. The molecule has 4 N–H and O–H groups in total. The quantitative estimate of drug-likeness (QED) is 0.627. The van der Waals surface area contributed by atoms with Crippen LogP contribution in [0.2, 0.25) is 0 Å². The summed E-state index contributed by atoms with van der Waals surface area (Å²) in [5.41, 5.74) is 0.474. The molecule has 2 amide bonds. The van der Waals surface area contributed by atoms with Crippen LogP contribution in [0, 0.1) is 0 Å². The fourth-order valence-electron chi connectivity index (χ4n) is 1.28. The molecule has 2 atom stereocenters. The van der Waals surface area contributed by atoms with Crippen LogP contribution in [0.1, 0.15) is 6.92 Å². The second kappa shape index (κ2) is 6.88. The summed E-state index contributed by atoms with van der Waals surface area (Å²) in [7, 11) is 0. The number of aliphatic hydroxyl groups is 1. The Kier molecular flexibility index (Phi) is 5.77. The van der Waals surface area contributed by atoms with E-state index in [4.69, 9.17) is 5.11 Å². The first-order valence-corrected chi connectivity index (χ1v) is 6.83. The van der Waals surface area contributed by atoms with E-state index in [1.807, 2.05) is 0 Å². The third-order valence-electron chi connectivity index (χ3n) is 2.21. The Labute approximate surface area is 126 Å². The Morgan fingerprint density at radius 3 is 2.47 bits per heavy atom. The number of carboxylic acid groups (broad SMARTS) is 1. The molecule has 19 heavy (non-hydrogen) atoms. The maximum atomic E-state index is 11.7. The smallest absolute Gasteiger partial charge is 0.328 e. The van der Waals surface area contributed by atoms with Gasteiger partial charge in [-0.15, -0.1) is 0 Å². The topological polar surface area (TPSA) is 98.7 Å². The first-order chi connectivity index (χ1) is 8.81. The van der Waals surface area contributed by atoms with Gasteiger partial charge in [0.1, 0.15) is 0 Å². The number of amides is 2. The molecule has 0 fully saturated rings. The van der Waals surface area contributed by atoms with Gasteiger partial charge in [-0.05, 0) is 41.1 Å². The summed E-state index contributed by atoms with van der Waals surface area (Å²) in [5.74, 6) is -1.31. The molecule has 1 aromatic rings. The van der Waals surface area contributed by atoms with Gasteiger partial charge in [-0.3, -0.25) is 0 Å². The van der Waals surface area contributed by atoms with E-state index in [1.165, 1.54) is 6.92 Å². The van der Waals surface area contributed by atoms with Crippen LogP contribution in [0.4, 0.5) is 10.5 Å². The molecule has 0 bridgehead atoms. The van der Waals surface area contributed by atoms with E-state index in [-0.39, 0.29) is 0 Å². The van der Waals surface area contributed by atoms with E-state index < -0.39 is 24.1 Å². The molecule has 8 heteroatoms. The minimum absolute atomic E-state index is 0.474. The molecule has 0 aliphatic heterocycles. The lowest BCUT2D eigenvalue weighted by Gasteiger charge is -2.17. The normalized spacial score (nSPS) is 13.5. The highest BCUT2D eigenvalue weighted by atomic mass is 79.9. The van der Waals surface area contributed by atoms with Gasteiger partial charge in [0.15, 0.2) is 6.04 Å². The maximum Gasteiger partial charge on any atom is 0.328 e. The summed E-state index contributed by atoms with van der Waals surface area (Å²) in [4.78, 5) is 22.5. The van der Waals surface area contributed by atoms with Crippen molar-refractivity contribution in [3.05, 3.63) is 27.1 Å². The van der Waals surface area contributed by atoms with Crippen LogP contribution in [0.15, 0.2) is 27.1 Å². The Bertz CT molecular complexity index is 494. The van der Waals surface area contributed by atoms with Crippen molar-refractivity contribution in [2.24, 2.45) is 0 Å². The Morgan fingerprint density at radius 2 is 1.95 bits per heavy atom. The first-order valence-electron chi connectivity index (χ1n) is 5.24. The number of rotatable bonds is 4. The molecule has 104 valence electrons. The van der Waals surface area contributed by atoms with Crippen molar-refractivity contribution >= 4 is 49.5 Å². The van der Waals surface area contributed by atoms with Crippen molar-refractivity contribution in [1.82, 2.24) is 5.32 Å². The zero-order valence-electron chi connectivity index (χ0n) is 9.85. The monoisotopic (exact) mass is 394 g/mol.